The molecule has 18 heavy (non-hydrogen) atoms. The van der Waals surface area contributed by atoms with Gasteiger partial charge in [0, 0.05) is 48.8 Å². The fraction of sp³-hybridized carbons (Fsp3) is 0.357. The van der Waals surface area contributed by atoms with Crippen molar-refractivity contribution in [2.45, 2.75) is 0 Å². The number of aromatic amines is 1. The van der Waals surface area contributed by atoms with E-state index in [1.54, 1.807) is 0 Å². The van der Waals surface area contributed by atoms with Crippen molar-refractivity contribution in [3.8, 4) is 0 Å². The van der Waals surface area contributed by atoms with Gasteiger partial charge in [0.05, 0.1) is 0 Å². The minimum absolute atomic E-state index is 0.145. The van der Waals surface area contributed by atoms with Crippen LogP contribution >= 0.6 is 0 Å². The summed E-state index contributed by atoms with van der Waals surface area (Å²) in [5, 5.41) is 1.09. The van der Waals surface area contributed by atoms with E-state index in [1.807, 2.05) is 35.4 Å². The van der Waals surface area contributed by atoms with Gasteiger partial charge in [0.1, 0.15) is 0 Å². The molecule has 1 aliphatic rings. The Labute approximate surface area is 106 Å². The average Bonchev–Trinajstić information content (AvgIpc) is 2.86. The number of aromatic nitrogens is 1. The zero-order chi connectivity index (χ0) is 12.5. The lowest BCUT2D eigenvalue weighted by Gasteiger charge is -2.32. The van der Waals surface area contributed by atoms with E-state index < -0.39 is 0 Å². The van der Waals surface area contributed by atoms with Gasteiger partial charge in [0.25, 0.3) is 5.91 Å². The first-order valence-electron chi connectivity index (χ1n) is 6.29. The van der Waals surface area contributed by atoms with E-state index in [2.05, 4.69) is 16.9 Å². The Morgan fingerprint density at radius 1 is 1.17 bits per heavy atom. The molecule has 0 spiro atoms. The highest BCUT2D eigenvalue weighted by Crippen LogP contribution is 2.16. The largest absolute Gasteiger partial charge is 0.361 e. The molecule has 0 radical (unpaired) electrons. The molecule has 1 aromatic heterocycles. The number of carbonyl (C=O) groups excluding carboxylic acids is 1. The van der Waals surface area contributed by atoms with Gasteiger partial charge in [-0.3, -0.25) is 4.79 Å². The number of piperazine rings is 1. The Hall–Kier alpha value is -1.81. The molecule has 0 saturated carbocycles. The molecule has 2 aromatic rings. The van der Waals surface area contributed by atoms with Crippen LogP contribution in [0.15, 0.2) is 30.5 Å². The van der Waals surface area contributed by atoms with Crippen LogP contribution in [0.3, 0.4) is 0 Å². The number of H-pyrrole nitrogens is 1. The molecule has 4 heteroatoms. The Morgan fingerprint density at radius 3 is 2.72 bits per heavy atom. The van der Waals surface area contributed by atoms with Crippen LogP contribution in [0, 0.1) is 0 Å². The number of nitrogens with zero attached hydrogens (tertiary/aromatic N) is 2. The fourth-order valence-corrected chi connectivity index (χ4v) is 2.38. The molecule has 1 aliphatic heterocycles. The van der Waals surface area contributed by atoms with Crippen LogP contribution in [-0.4, -0.2) is 53.9 Å². The van der Waals surface area contributed by atoms with E-state index in [1.165, 1.54) is 0 Å². The number of fused-ring (bicyclic) bond motifs is 1. The monoisotopic (exact) mass is 243 g/mol. The lowest BCUT2D eigenvalue weighted by atomic mass is 10.1. The van der Waals surface area contributed by atoms with E-state index in [4.69, 9.17) is 0 Å². The van der Waals surface area contributed by atoms with Gasteiger partial charge >= 0.3 is 0 Å². The Morgan fingerprint density at radius 2 is 1.94 bits per heavy atom. The highest BCUT2D eigenvalue weighted by Gasteiger charge is 2.20. The first kappa shape index (κ1) is 11.3. The molecule has 1 aromatic carbocycles. The van der Waals surface area contributed by atoms with Crippen LogP contribution in [0.25, 0.3) is 10.9 Å². The minimum atomic E-state index is 0.145. The van der Waals surface area contributed by atoms with E-state index in [-0.39, 0.29) is 5.91 Å². The second-order valence-corrected chi connectivity index (χ2v) is 4.88. The zero-order valence-corrected chi connectivity index (χ0v) is 10.5. The van der Waals surface area contributed by atoms with Crippen molar-refractivity contribution in [1.82, 2.24) is 14.8 Å². The maximum absolute atomic E-state index is 12.4. The zero-order valence-electron chi connectivity index (χ0n) is 10.5. The molecule has 2 heterocycles. The maximum Gasteiger partial charge on any atom is 0.253 e. The normalized spacial score (nSPS) is 17.3. The van der Waals surface area contributed by atoms with Crippen molar-refractivity contribution in [1.29, 1.82) is 0 Å². The summed E-state index contributed by atoms with van der Waals surface area (Å²) < 4.78 is 0. The fourth-order valence-electron chi connectivity index (χ4n) is 2.38. The van der Waals surface area contributed by atoms with E-state index in [0.717, 1.165) is 42.6 Å². The predicted octanol–water partition coefficient (Wildman–Crippen LogP) is 1.56. The van der Waals surface area contributed by atoms with Gasteiger partial charge < -0.3 is 14.8 Å². The van der Waals surface area contributed by atoms with Crippen LogP contribution in [0.5, 0.6) is 0 Å². The SMILES string of the molecule is CN1CCN(C(=O)c2ccc3[nH]ccc3c2)CC1. The minimum Gasteiger partial charge on any atom is -0.361 e. The lowest BCUT2D eigenvalue weighted by molar-refractivity contribution is 0.0664. The summed E-state index contributed by atoms with van der Waals surface area (Å²) in [5.41, 5.74) is 1.86. The summed E-state index contributed by atoms with van der Waals surface area (Å²) >= 11 is 0. The molecule has 3 rings (SSSR count). The summed E-state index contributed by atoms with van der Waals surface area (Å²) in [7, 11) is 2.09. The summed E-state index contributed by atoms with van der Waals surface area (Å²) in [6.45, 7) is 3.55. The second kappa shape index (κ2) is 4.46. The molecule has 0 unspecified atom stereocenters. The standard InChI is InChI=1S/C14H17N3O/c1-16-6-8-17(9-7-16)14(18)12-2-3-13-11(10-12)4-5-15-13/h2-5,10,15H,6-9H2,1H3. The number of amides is 1. The van der Waals surface area contributed by atoms with Crippen molar-refractivity contribution in [3.05, 3.63) is 36.0 Å². The molecular formula is C14H17N3O. The molecular weight excluding hydrogens is 226 g/mol. The Bertz CT molecular complexity index is 567. The number of nitrogens with one attached hydrogen (secondary N) is 1. The number of rotatable bonds is 1. The van der Waals surface area contributed by atoms with Crippen LogP contribution in [0.2, 0.25) is 0 Å². The smallest absolute Gasteiger partial charge is 0.253 e. The van der Waals surface area contributed by atoms with Gasteiger partial charge in [-0.25, -0.2) is 0 Å². The average molecular weight is 243 g/mol. The first-order chi connectivity index (χ1) is 8.74. The number of hydrogen-bond donors (Lipinski definition) is 1. The molecule has 0 aliphatic carbocycles. The third-order valence-electron chi connectivity index (χ3n) is 3.59. The van der Waals surface area contributed by atoms with Crippen LogP contribution in [0.1, 0.15) is 10.4 Å². The van der Waals surface area contributed by atoms with Crippen LogP contribution < -0.4 is 0 Å². The topological polar surface area (TPSA) is 39.3 Å². The lowest BCUT2D eigenvalue weighted by Crippen LogP contribution is -2.47. The molecule has 1 N–H and O–H groups in total. The molecule has 94 valence electrons. The van der Waals surface area contributed by atoms with Gasteiger partial charge in [-0.05, 0) is 31.3 Å². The summed E-state index contributed by atoms with van der Waals surface area (Å²) in [6.07, 6.45) is 1.90. The number of benzene rings is 1. The highest BCUT2D eigenvalue weighted by molar-refractivity contribution is 5.98. The van der Waals surface area contributed by atoms with Crippen molar-refractivity contribution in [2.75, 3.05) is 33.2 Å². The van der Waals surface area contributed by atoms with Gasteiger partial charge in [0.2, 0.25) is 0 Å². The van der Waals surface area contributed by atoms with E-state index >= 15 is 0 Å². The summed E-state index contributed by atoms with van der Waals surface area (Å²) in [4.78, 5) is 19.7. The van der Waals surface area contributed by atoms with Gasteiger partial charge in [-0.1, -0.05) is 0 Å². The third kappa shape index (κ3) is 1.99. The Balaban J connectivity index is 1.82. The van der Waals surface area contributed by atoms with E-state index in [0.29, 0.717) is 0 Å². The molecule has 0 atom stereocenters. The van der Waals surface area contributed by atoms with E-state index in [9.17, 15) is 4.79 Å². The first-order valence-corrected chi connectivity index (χ1v) is 6.29. The molecule has 1 saturated heterocycles. The summed E-state index contributed by atoms with van der Waals surface area (Å²) in [5.74, 6) is 0.145. The number of carbonyl (C=O) groups is 1. The molecule has 1 fully saturated rings. The highest BCUT2D eigenvalue weighted by atomic mass is 16.2. The maximum atomic E-state index is 12.4. The van der Waals surface area contributed by atoms with Crippen molar-refractivity contribution in [2.24, 2.45) is 0 Å². The van der Waals surface area contributed by atoms with Crippen LogP contribution in [-0.2, 0) is 0 Å². The number of likely N-dealkylation sites (N-methyl/N-ethyl adjacent to an activating group) is 1. The van der Waals surface area contributed by atoms with Crippen molar-refractivity contribution in [3.63, 3.8) is 0 Å². The summed E-state index contributed by atoms with van der Waals surface area (Å²) in [6, 6.07) is 7.83. The molecule has 4 nitrogen and oxygen atoms in total. The molecule has 1 amide bonds. The second-order valence-electron chi connectivity index (χ2n) is 4.88. The quantitative estimate of drug-likeness (QED) is 0.825. The van der Waals surface area contributed by atoms with Crippen molar-refractivity contribution >= 4 is 16.8 Å². The van der Waals surface area contributed by atoms with Gasteiger partial charge in [-0.2, -0.15) is 0 Å². The third-order valence-corrected chi connectivity index (χ3v) is 3.59. The molecule has 0 bridgehead atoms. The van der Waals surface area contributed by atoms with Gasteiger partial charge in [-0.15, -0.1) is 0 Å². The van der Waals surface area contributed by atoms with Gasteiger partial charge in [0.15, 0.2) is 0 Å². The van der Waals surface area contributed by atoms with Crippen molar-refractivity contribution < 1.29 is 4.79 Å². The number of hydrogen-bond acceptors (Lipinski definition) is 2. The predicted molar refractivity (Wildman–Crippen MR) is 71.7 cm³/mol. The Kier molecular flexibility index (Phi) is 2.80. The van der Waals surface area contributed by atoms with Crippen LogP contribution in [0.4, 0.5) is 0 Å².